The van der Waals surface area contributed by atoms with E-state index < -0.39 is 11.9 Å². The van der Waals surface area contributed by atoms with Crippen LogP contribution in [0.3, 0.4) is 0 Å². The molecule has 9 nitrogen and oxygen atoms in total. The average molecular weight is 445 g/mol. The van der Waals surface area contributed by atoms with Crippen molar-refractivity contribution in [2.75, 3.05) is 27.2 Å². The Morgan fingerprint density at radius 3 is 2.16 bits per heavy atom. The first-order chi connectivity index (χ1) is 15.2. The van der Waals surface area contributed by atoms with Crippen molar-refractivity contribution in [3.63, 3.8) is 0 Å². The molecular weight excluding hydrogens is 408 g/mol. The third kappa shape index (κ3) is 7.86. The number of benzene rings is 1. The van der Waals surface area contributed by atoms with Crippen molar-refractivity contribution in [2.45, 2.75) is 38.5 Å². The normalized spacial score (nSPS) is 20.2. The maximum absolute atomic E-state index is 12.6. The van der Waals surface area contributed by atoms with E-state index in [0.29, 0.717) is 18.3 Å². The summed E-state index contributed by atoms with van der Waals surface area (Å²) < 4.78 is 0. The van der Waals surface area contributed by atoms with E-state index in [0.717, 1.165) is 18.7 Å². The van der Waals surface area contributed by atoms with Crippen molar-refractivity contribution >= 4 is 23.8 Å². The molecule has 1 heterocycles. The fraction of sp³-hybridized carbons (Fsp3) is 0.565. The van der Waals surface area contributed by atoms with Crippen LogP contribution in [0.15, 0.2) is 35.3 Å². The van der Waals surface area contributed by atoms with Gasteiger partial charge in [0.15, 0.2) is 5.96 Å². The van der Waals surface area contributed by atoms with Gasteiger partial charge in [0.2, 0.25) is 11.9 Å². The maximum atomic E-state index is 12.6. The fourth-order valence-electron chi connectivity index (χ4n) is 4.32. The van der Waals surface area contributed by atoms with Gasteiger partial charge in [-0.3, -0.25) is 15.0 Å². The van der Waals surface area contributed by atoms with Crippen LogP contribution < -0.4 is 11.5 Å². The van der Waals surface area contributed by atoms with E-state index in [1.165, 1.54) is 30.6 Å². The molecule has 0 radical (unpaired) electrons. The van der Waals surface area contributed by atoms with Gasteiger partial charge in [-0.2, -0.15) is 4.99 Å². The van der Waals surface area contributed by atoms with Gasteiger partial charge in [-0.25, -0.2) is 0 Å². The van der Waals surface area contributed by atoms with Crippen molar-refractivity contribution in [3.05, 3.63) is 35.9 Å². The van der Waals surface area contributed by atoms with E-state index in [2.05, 4.69) is 4.99 Å². The van der Waals surface area contributed by atoms with Crippen LogP contribution in [-0.2, 0) is 16.0 Å². The quantitative estimate of drug-likeness (QED) is 0.401. The minimum absolute atomic E-state index is 0.0164. The van der Waals surface area contributed by atoms with Gasteiger partial charge < -0.3 is 26.4 Å². The number of guanidine groups is 2. The Balaban J connectivity index is 0.000000344. The van der Waals surface area contributed by atoms with Crippen LogP contribution in [0.4, 0.5) is 0 Å². The Morgan fingerprint density at radius 2 is 1.72 bits per heavy atom. The maximum Gasteiger partial charge on any atom is 0.307 e. The molecule has 2 fully saturated rings. The van der Waals surface area contributed by atoms with Gasteiger partial charge >= 0.3 is 5.97 Å². The van der Waals surface area contributed by atoms with Gasteiger partial charge in [-0.1, -0.05) is 43.2 Å². The SMILES string of the molecule is CN(C)C(=N)N=C(N)N.O=C(O)[C@H](CC(=O)N1C[C@H]2CCCC[C@H]2C1)Cc1ccccc1. The molecule has 1 aromatic rings. The van der Waals surface area contributed by atoms with Gasteiger partial charge in [0.1, 0.15) is 0 Å². The lowest BCUT2D eigenvalue weighted by Gasteiger charge is -2.22. The molecule has 1 saturated carbocycles. The largest absolute Gasteiger partial charge is 0.481 e. The highest BCUT2D eigenvalue weighted by Gasteiger charge is 2.37. The molecule has 3 rings (SSSR count). The van der Waals surface area contributed by atoms with Crippen molar-refractivity contribution < 1.29 is 14.7 Å². The highest BCUT2D eigenvalue weighted by atomic mass is 16.4. The fourth-order valence-corrected chi connectivity index (χ4v) is 4.32. The number of fused-ring (bicyclic) bond motifs is 1. The number of carbonyl (C=O) groups excluding carboxylic acids is 1. The summed E-state index contributed by atoms with van der Waals surface area (Å²) in [5.41, 5.74) is 11.0. The number of nitrogens with zero attached hydrogens (tertiary/aromatic N) is 3. The number of hydrogen-bond acceptors (Lipinski definition) is 3. The molecule has 3 atom stereocenters. The summed E-state index contributed by atoms with van der Waals surface area (Å²) in [5, 5.41) is 16.5. The molecule has 0 unspecified atom stereocenters. The highest BCUT2D eigenvalue weighted by Crippen LogP contribution is 2.36. The second-order valence-electron chi connectivity index (χ2n) is 8.79. The first-order valence-electron chi connectivity index (χ1n) is 11.1. The Kier molecular flexibility index (Phi) is 9.49. The van der Waals surface area contributed by atoms with Crippen LogP contribution in [0.25, 0.3) is 0 Å². The lowest BCUT2D eigenvalue weighted by atomic mass is 9.82. The topological polar surface area (TPSA) is 149 Å². The second kappa shape index (κ2) is 12.1. The van der Waals surface area contributed by atoms with Crippen LogP contribution in [0.2, 0.25) is 0 Å². The van der Waals surface area contributed by atoms with Crippen LogP contribution in [0.5, 0.6) is 0 Å². The van der Waals surface area contributed by atoms with E-state index >= 15 is 0 Å². The average Bonchev–Trinajstić information content (AvgIpc) is 3.18. The molecule has 32 heavy (non-hydrogen) atoms. The first-order valence-corrected chi connectivity index (χ1v) is 11.1. The van der Waals surface area contributed by atoms with Gasteiger partial charge in [-0.05, 0) is 36.7 Å². The Hall–Kier alpha value is -3.10. The number of likely N-dealkylation sites (tertiary alicyclic amines) is 1. The van der Waals surface area contributed by atoms with Gasteiger partial charge in [0, 0.05) is 33.6 Å². The molecule has 1 aliphatic carbocycles. The number of carboxylic acid groups (broad SMARTS) is 1. The van der Waals surface area contributed by atoms with Gasteiger partial charge in [0.05, 0.1) is 5.92 Å². The molecule has 176 valence electrons. The van der Waals surface area contributed by atoms with Crippen molar-refractivity contribution in [1.29, 1.82) is 5.41 Å². The number of aliphatic carboxylic acids is 1. The number of hydrogen-bond donors (Lipinski definition) is 4. The first kappa shape index (κ1) is 25.2. The Labute approximate surface area is 190 Å². The molecule has 0 aromatic heterocycles. The molecule has 2 aliphatic rings. The summed E-state index contributed by atoms with van der Waals surface area (Å²) in [4.78, 5) is 31.0. The lowest BCUT2D eigenvalue weighted by molar-refractivity contribution is -0.145. The monoisotopic (exact) mass is 444 g/mol. The number of nitrogens with one attached hydrogen (secondary N) is 1. The highest BCUT2D eigenvalue weighted by molar-refractivity contribution is 5.91. The Bertz CT molecular complexity index is 793. The number of aliphatic imine (C=N–C) groups is 1. The zero-order valence-electron chi connectivity index (χ0n) is 19.0. The summed E-state index contributed by atoms with van der Waals surface area (Å²) >= 11 is 0. The molecule has 0 spiro atoms. The molecule has 6 N–H and O–H groups in total. The predicted octanol–water partition coefficient (Wildman–Crippen LogP) is 1.72. The molecular formula is C23H36N6O3. The standard InChI is InChI=1S/C19H25NO3.C4H11N5/c21-18(20-12-15-8-4-5-9-16(15)13-20)11-17(19(22)23)10-14-6-2-1-3-7-14;1-9(2)4(7)8-3(5)6/h1-3,6-7,15-17H,4-5,8-13H2,(H,22,23);1-2H3,(H5,5,6,7,8)/t15-,16+,17-;/m0./s1. The molecule has 9 heteroatoms. The third-order valence-electron chi connectivity index (χ3n) is 6.08. The van der Waals surface area contributed by atoms with Crippen molar-refractivity contribution in [3.8, 4) is 0 Å². The number of amides is 1. The lowest BCUT2D eigenvalue weighted by Crippen LogP contribution is -2.33. The van der Waals surface area contributed by atoms with E-state index in [9.17, 15) is 14.7 Å². The zero-order chi connectivity index (χ0) is 23.7. The number of nitrogens with two attached hydrogens (primary N) is 2. The van der Waals surface area contributed by atoms with Gasteiger partial charge in [0.25, 0.3) is 0 Å². The molecule has 1 aliphatic heterocycles. The minimum Gasteiger partial charge on any atom is -0.481 e. The zero-order valence-corrected chi connectivity index (χ0v) is 19.0. The van der Waals surface area contributed by atoms with E-state index in [-0.39, 0.29) is 24.2 Å². The number of rotatable bonds is 5. The summed E-state index contributed by atoms with van der Waals surface area (Å²) in [6.07, 6.45) is 5.53. The molecule has 1 aromatic carbocycles. The van der Waals surface area contributed by atoms with E-state index in [1.54, 1.807) is 14.1 Å². The second-order valence-corrected chi connectivity index (χ2v) is 8.79. The summed E-state index contributed by atoms with van der Waals surface area (Å²) in [7, 11) is 3.38. The third-order valence-corrected chi connectivity index (χ3v) is 6.08. The number of carbonyl (C=O) groups is 2. The van der Waals surface area contributed by atoms with Crippen LogP contribution >= 0.6 is 0 Å². The predicted molar refractivity (Wildman–Crippen MR) is 125 cm³/mol. The van der Waals surface area contributed by atoms with E-state index in [1.807, 2.05) is 35.2 Å². The minimum atomic E-state index is -0.876. The number of carboxylic acids is 1. The molecule has 1 amide bonds. The van der Waals surface area contributed by atoms with Crippen LogP contribution in [-0.4, -0.2) is 65.9 Å². The Morgan fingerprint density at radius 1 is 1.16 bits per heavy atom. The van der Waals surface area contributed by atoms with Crippen LogP contribution in [0.1, 0.15) is 37.7 Å². The van der Waals surface area contributed by atoms with Gasteiger partial charge in [-0.15, -0.1) is 0 Å². The van der Waals surface area contributed by atoms with E-state index in [4.69, 9.17) is 16.9 Å². The molecule has 0 bridgehead atoms. The van der Waals surface area contributed by atoms with Crippen molar-refractivity contribution in [1.82, 2.24) is 9.80 Å². The molecule has 1 saturated heterocycles. The van der Waals surface area contributed by atoms with Crippen molar-refractivity contribution in [2.24, 2.45) is 34.2 Å². The summed E-state index contributed by atoms with van der Waals surface area (Å²) in [5.74, 6) is -0.243. The summed E-state index contributed by atoms with van der Waals surface area (Å²) in [6, 6.07) is 9.56. The van der Waals surface area contributed by atoms with Crippen LogP contribution in [0, 0.1) is 23.2 Å². The smallest absolute Gasteiger partial charge is 0.307 e. The summed E-state index contributed by atoms with van der Waals surface area (Å²) in [6.45, 7) is 1.67.